The predicted octanol–water partition coefficient (Wildman–Crippen LogP) is 4.02. The molecule has 1 heterocycles. The Hall–Kier alpha value is -3.56. The summed E-state index contributed by atoms with van der Waals surface area (Å²) >= 11 is 0. The highest BCUT2D eigenvalue weighted by molar-refractivity contribution is 6.05. The van der Waals surface area contributed by atoms with E-state index in [1.807, 2.05) is 0 Å². The van der Waals surface area contributed by atoms with Gasteiger partial charge in [0.1, 0.15) is 11.5 Å². The summed E-state index contributed by atoms with van der Waals surface area (Å²) < 4.78 is 53.4. The van der Waals surface area contributed by atoms with Crippen molar-refractivity contribution in [3.05, 3.63) is 53.6 Å². The number of ether oxygens (including phenoxy) is 2. The normalized spacial score (nSPS) is 11.2. The van der Waals surface area contributed by atoms with Crippen molar-refractivity contribution in [2.75, 3.05) is 19.5 Å². The molecule has 146 valence electrons. The summed E-state index contributed by atoms with van der Waals surface area (Å²) in [6, 6.07) is 8.66. The van der Waals surface area contributed by atoms with E-state index in [4.69, 9.17) is 13.9 Å². The standard InChI is InChI=1S/C18H14F3N3O4/c1-26-12-7-8-14(27-2)13(9-12)15(25)22-17-24-23-16(28-17)10-3-5-11(6-4-10)18(19,20)21/h3-9H,1-2H3,(H,22,24,25). The van der Waals surface area contributed by atoms with Gasteiger partial charge in [-0.1, -0.05) is 5.10 Å². The zero-order valence-corrected chi connectivity index (χ0v) is 14.7. The molecule has 0 aliphatic heterocycles. The van der Waals surface area contributed by atoms with Crippen LogP contribution in [-0.2, 0) is 6.18 Å². The fourth-order valence-corrected chi connectivity index (χ4v) is 2.35. The lowest BCUT2D eigenvalue weighted by molar-refractivity contribution is -0.137. The number of anilines is 1. The first-order valence-electron chi connectivity index (χ1n) is 7.86. The van der Waals surface area contributed by atoms with Crippen molar-refractivity contribution < 1.29 is 31.9 Å². The van der Waals surface area contributed by atoms with E-state index in [0.717, 1.165) is 12.1 Å². The number of carbonyl (C=O) groups excluding carboxylic acids is 1. The molecule has 0 bridgehead atoms. The Morgan fingerprint density at radius 3 is 2.36 bits per heavy atom. The lowest BCUT2D eigenvalue weighted by Crippen LogP contribution is -2.13. The van der Waals surface area contributed by atoms with Gasteiger partial charge in [-0.25, -0.2) is 0 Å². The van der Waals surface area contributed by atoms with Gasteiger partial charge in [-0.2, -0.15) is 13.2 Å². The molecule has 1 N–H and O–H groups in total. The molecule has 0 unspecified atom stereocenters. The van der Waals surface area contributed by atoms with Gasteiger partial charge in [0.25, 0.3) is 5.91 Å². The van der Waals surface area contributed by atoms with Crippen molar-refractivity contribution in [3.8, 4) is 23.0 Å². The molecule has 0 saturated heterocycles. The van der Waals surface area contributed by atoms with Gasteiger partial charge in [-0.3, -0.25) is 10.1 Å². The van der Waals surface area contributed by atoms with E-state index in [2.05, 4.69) is 15.5 Å². The van der Waals surface area contributed by atoms with Gasteiger partial charge in [-0.15, -0.1) is 5.10 Å². The highest BCUT2D eigenvalue weighted by atomic mass is 19.4. The van der Waals surface area contributed by atoms with Gasteiger partial charge < -0.3 is 13.9 Å². The third kappa shape index (κ3) is 4.05. The molecule has 0 aliphatic rings. The number of nitrogens with zero attached hydrogens (tertiary/aromatic N) is 2. The monoisotopic (exact) mass is 393 g/mol. The van der Waals surface area contributed by atoms with Crippen LogP contribution in [0.2, 0.25) is 0 Å². The SMILES string of the molecule is COc1ccc(OC)c(C(=O)Nc2nnc(-c3ccc(C(F)(F)F)cc3)o2)c1. The number of aromatic nitrogens is 2. The number of alkyl halides is 3. The number of halogens is 3. The Morgan fingerprint density at radius 2 is 1.75 bits per heavy atom. The number of methoxy groups -OCH3 is 2. The van der Waals surface area contributed by atoms with E-state index in [-0.39, 0.29) is 23.0 Å². The number of benzene rings is 2. The quantitative estimate of drug-likeness (QED) is 0.705. The average Bonchev–Trinajstić information content (AvgIpc) is 3.15. The molecule has 28 heavy (non-hydrogen) atoms. The minimum absolute atomic E-state index is 0.0402. The topological polar surface area (TPSA) is 86.5 Å². The van der Waals surface area contributed by atoms with Crippen LogP contribution in [0.25, 0.3) is 11.5 Å². The second-order valence-electron chi connectivity index (χ2n) is 5.51. The Labute approximate surface area is 157 Å². The third-order valence-corrected chi connectivity index (χ3v) is 3.76. The van der Waals surface area contributed by atoms with Crippen LogP contribution in [0.15, 0.2) is 46.9 Å². The summed E-state index contributed by atoms with van der Waals surface area (Å²) in [6.45, 7) is 0. The second-order valence-corrected chi connectivity index (χ2v) is 5.51. The lowest BCUT2D eigenvalue weighted by atomic mass is 10.1. The number of hydrogen-bond donors (Lipinski definition) is 1. The molecule has 1 amide bonds. The highest BCUT2D eigenvalue weighted by Gasteiger charge is 2.30. The van der Waals surface area contributed by atoms with E-state index in [1.54, 1.807) is 12.1 Å². The summed E-state index contributed by atoms with van der Waals surface area (Å²) in [4.78, 5) is 12.5. The average molecular weight is 393 g/mol. The van der Waals surface area contributed by atoms with E-state index in [0.29, 0.717) is 11.5 Å². The molecule has 0 fully saturated rings. The largest absolute Gasteiger partial charge is 0.497 e. The van der Waals surface area contributed by atoms with Crippen molar-refractivity contribution in [3.63, 3.8) is 0 Å². The minimum atomic E-state index is -4.44. The van der Waals surface area contributed by atoms with Gasteiger partial charge in [0, 0.05) is 5.56 Å². The van der Waals surface area contributed by atoms with Crippen molar-refractivity contribution in [1.29, 1.82) is 0 Å². The zero-order chi connectivity index (χ0) is 20.3. The summed E-state index contributed by atoms with van der Waals surface area (Å²) in [5.74, 6) is 0.128. The van der Waals surface area contributed by atoms with Gasteiger partial charge in [0.2, 0.25) is 5.89 Å². The maximum atomic E-state index is 12.6. The molecule has 3 aromatic rings. The maximum Gasteiger partial charge on any atom is 0.416 e. The first-order chi connectivity index (χ1) is 13.3. The molecule has 0 radical (unpaired) electrons. The number of amides is 1. The van der Waals surface area contributed by atoms with Crippen LogP contribution in [0.4, 0.5) is 19.2 Å². The van der Waals surface area contributed by atoms with Crippen molar-refractivity contribution in [2.45, 2.75) is 6.18 Å². The zero-order valence-electron chi connectivity index (χ0n) is 14.7. The van der Waals surface area contributed by atoms with E-state index in [1.165, 1.54) is 32.4 Å². The summed E-state index contributed by atoms with van der Waals surface area (Å²) in [5, 5.41) is 9.83. The summed E-state index contributed by atoms with van der Waals surface area (Å²) in [7, 11) is 2.87. The molecular formula is C18H14F3N3O4. The number of rotatable bonds is 5. The van der Waals surface area contributed by atoms with E-state index >= 15 is 0 Å². The second kappa shape index (κ2) is 7.59. The van der Waals surface area contributed by atoms with Crippen LogP contribution in [0.5, 0.6) is 11.5 Å². The van der Waals surface area contributed by atoms with Crippen molar-refractivity contribution in [1.82, 2.24) is 10.2 Å². The third-order valence-electron chi connectivity index (χ3n) is 3.76. The summed E-state index contributed by atoms with van der Waals surface area (Å²) in [5.41, 5.74) is -0.342. The van der Waals surface area contributed by atoms with Gasteiger partial charge in [-0.05, 0) is 42.5 Å². The fourth-order valence-electron chi connectivity index (χ4n) is 2.35. The minimum Gasteiger partial charge on any atom is -0.497 e. The van der Waals surface area contributed by atoms with Crippen LogP contribution in [0, 0.1) is 0 Å². The molecule has 0 saturated carbocycles. The molecule has 3 rings (SSSR count). The smallest absolute Gasteiger partial charge is 0.416 e. The number of hydrogen-bond acceptors (Lipinski definition) is 6. The highest BCUT2D eigenvalue weighted by Crippen LogP contribution is 2.31. The van der Waals surface area contributed by atoms with Crippen LogP contribution < -0.4 is 14.8 Å². The fraction of sp³-hybridized carbons (Fsp3) is 0.167. The molecule has 0 spiro atoms. The van der Waals surface area contributed by atoms with Gasteiger partial charge >= 0.3 is 12.2 Å². The molecule has 7 nitrogen and oxygen atoms in total. The van der Waals surface area contributed by atoms with E-state index in [9.17, 15) is 18.0 Å². The molecule has 0 aliphatic carbocycles. The predicted molar refractivity (Wildman–Crippen MR) is 92.2 cm³/mol. The molecular weight excluding hydrogens is 379 g/mol. The van der Waals surface area contributed by atoms with Crippen LogP contribution in [0.1, 0.15) is 15.9 Å². The Kier molecular flexibility index (Phi) is 5.21. The van der Waals surface area contributed by atoms with Gasteiger partial charge in [0.05, 0.1) is 25.3 Å². The Balaban J connectivity index is 1.79. The first-order valence-corrected chi connectivity index (χ1v) is 7.86. The molecule has 10 heteroatoms. The Morgan fingerprint density at radius 1 is 1.04 bits per heavy atom. The summed E-state index contributed by atoms with van der Waals surface area (Å²) in [6.07, 6.45) is -4.44. The lowest BCUT2D eigenvalue weighted by Gasteiger charge is -2.09. The molecule has 0 atom stereocenters. The van der Waals surface area contributed by atoms with Gasteiger partial charge in [0.15, 0.2) is 0 Å². The first kappa shape index (κ1) is 19.2. The van der Waals surface area contributed by atoms with Crippen LogP contribution >= 0.6 is 0 Å². The number of nitrogens with one attached hydrogen (secondary N) is 1. The van der Waals surface area contributed by atoms with Crippen molar-refractivity contribution >= 4 is 11.9 Å². The van der Waals surface area contributed by atoms with Crippen LogP contribution in [0.3, 0.4) is 0 Å². The Bertz CT molecular complexity index is 984. The number of carbonyl (C=O) groups is 1. The van der Waals surface area contributed by atoms with Crippen LogP contribution in [-0.4, -0.2) is 30.3 Å². The maximum absolute atomic E-state index is 12.6. The van der Waals surface area contributed by atoms with Crippen molar-refractivity contribution in [2.24, 2.45) is 0 Å². The molecule has 2 aromatic carbocycles. The van der Waals surface area contributed by atoms with E-state index < -0.39 is 17.6 Å². The molecule has 1 aromatic heterocycles.